The molecule has 0 saturated carbocycles. The van der Waals surface area contributed by atoms with Gasteiger partial charge in [-0.2, -0.15) is 5.11 Å². The molecule has 0 saturated heterocycles. The Morgan fingerprint density at radius 3 is 2.45 bits per heavy atom. The first-order valence-electron chi connectivity index (χ1n) is 6.20. The summed E-state index contributed by atoms with van der Waals surface area (Å²) in [5, 5.41) is 17.9. The van der Waals surface area contributed by atoms with Gasteiger partial charge in [-0.1, -0.05) is 15.9 Å². The number of aromatic hydroxyl groups is 1. The number of carbonyl (C=O) groups is 1. The lowest BCUT2D eigenvalue weighted by molar-refractivity contribution is 0.112. The van der Waals surface area contributed by atoms with E-state index in [2.05, 4.69) is 26.2 Å². The highest BCUT2D eigenvalue weighted by molar-refractivity contribution is 9.10. The number of carbonyl (C=O) groups excluding carboxylic acids is 1. The average molecular weight is 365 g/mol. The van der Waals surface area contributed by atoms with Crippen molar-refractivity contribution in [1.29, 1.82) is 0 Å². The lowest BCUT2D eigenvalue weighted by Crippen LogP contribution is -1.88. The first kappa shape index (κ1) is 16.0. The van der Waals surface area contributed by atoms with Gasteiger partial charge in [0.05, 0.1) is 25.5 Å². The van der Waals surface area contributed by atoms with Crippen LogP contribution in [-0.2, 0) is 0 Å². The third kappa shape index (κ3) is 3.43. The molecule has 0 radical (unpaired) electrons. The van der Waals surface area contributed by atoms with Gasteiger partial charge in [0.25, 0.3) is 0 Å². The number of azo groups is 1. The van der Waals surface area contributed by atoms with Crippen LogP contribution < -0.4 is 9.47 Å². The Labute approximate surface area is 135 Å². The molecule has 0 bridgehead atoms. The second-order valence-electron chi connectivity index (χ2n) is 4.22. The molecule has 0 atom stereocenters. The number of phenols is 1. The number of hydrogen-bond acceptors (Lipinski definition) is 6. The maximum absolute atomic E-state index is 10.9. The molecule has 1 N–H and O–H groups in total. The number of methoxy groups -OCH3 is 2. The largest absolute Gasteiger partial charge is 0.504 e. The first-order valence-corrected chi connectivity index (χ1v) is 6.99. The minimum Gasteiger partial charge on any atom is -0.504 e. The summed E-state index contributed by atoms with van der Waals surface area (Å²) in [6.07, 6.45) is 0.525. The molecule has 7 heteroatoms. The number of ether oxygens (including phenoxy) is 2. The van der Waals surface area contributed by atoms with Crippen molar-refractivity contribution in [2.75, 3.05) is 14.2 Å². The molecule has 0 aliphatic rings. The van der Waals surface area contributed by atoms with Gasteiger partial charge in [0.1, 0.15) is 11.4 Å². The highest BCUT2D eigenvalue weighted by Gasteiger charge is 2.10. The summed E-state index contributed by atoms with van der Waals surface area (Å²) in [7, 11) is 2.93. The van der Waals surface area contributed by atoms with Crippen molar-refractivity contribution in [3.63, 3.8) is 0 Å². The number of benzene rings is 2. The molecule has 0 fully saturated rings. The fraction of sp³-hybridized carbons (Fsp3) is 0.133. The van der Waals surface area contributed by atoms with E-state index in [1.165, 1.54) is 26.4 Å². The van der Waals surface area contributed by atoms with Gasteiger partial charge < -0.3 is 14.6 Å². The number of aldehydes is 1. The van der Waals surface area contributed by atoms with Crippen LogP contribution >= 0.6 is 15.9 Å². The summed E-state index contributed by atoms with van der Waals surface area (Å²) >= 11 is 3.34. The smallest absolute Gasteiger partial charge is 0.168 e. The van der Waals surface area contributed by atoms with Gasteiger partial charge in [-0.25, -0.2) is 0 Å². The van der Waals surface area contributed by atoms with Gasteiger partial charge >= 0.3 is 0 Å². The molecule has 0 aromatic heterocycles. The molecular formula is C15H13BrN2O4. The lowest BCUT2D eigenvalue weighted by atomic mass is 10.2. The topological polar surface area (TPSA) is 80.5 Å². The number of halogens is 1. The van der Waals surface area contributed by atoms with E-state index in [9.17, 15) is 9.90 Å². The van der Waals surface area contributed by atoms with E-state index in [0.29, 0.717) is 23.4 Å². The second kappa shape index (κ2) is 7.04. The first-order chi connectivity index (χ1) is 10.6. The quantitative estimate of drug-likeness (QED) is 0.629. The van der Waals surface area contributed by atoms with Gasteiger partial charge in [-0.05, 0) is 24.3 Å². The van der Waals surface area contributed by atoms with E-state index < -0.39 is 0 Å². The van der Waals surface area contributed by atoms with E-state index in [4.69, 9.17) is 9.47 Å². The van der Waals surface area contributed by atoms with Crippen molar-refractivity contribution >= 4 is 33.6 Å². The predicted octanol–water partition coefficient (Wildman–Crippen LogP) is 4.40. The van der Waals surface area contributed by atoms with Gasteiger partial charge in [-0.15, -0.1) is 5.11 Å². The fourth-order valence-electron chi connectivity index (χ4n) is 1.76. The molecule has 0 amide bonds. The van der Waals surface area contributed by atoms with Crippen LogP contribution in [0.3, 0.4) is 0 Å². The van der Waals surface area contributed by atoms with E-state index in [1.807, 2.05) is 6.07 Å². The maximum atomic E-state index is 10.9. The van der Waals surface area contributed by atoms with Crippen molar-refractivity contribution in [3.05, 3.63) is 40.4 Å². The van der Waals surface area contributed by atoms with Crippen molar-refractivity contribution in [3.8, 4) is 17.2 Å². The molecule has 2 aromatic rings. The van der Waals surface area contributed by atoms with Gasteiger partial charge in [-0.3, -0.25) is 4.79 Å². The predicted molar refractivity (Wildman–Crippen MR) is 84.9 cm³/mol. The van der Waals surface area contributed by atoms with Crippen LogP contribution in [-0.4, -0.2) is 25.6 Å². The average Bonchev–Trinajstić information content (AvgIpc) is 2.54. The summed E-state index contributed by atoms with van der Waals surface area (Å²) in [6, 6.07) is 8.22. The number of rotatable bonds is 5. The van der Waals surface area contributed by atoms with Crippen LogP contribution in [0.1, 0.15) is 10.4 Å². The normalized spacial score (nSPS) is 10.7. The van der Waals surface area contributed by atoms with Crippen LogP contribution in [0.4, 0.5) is 11.4 Å². The van der Waals surface area contributed by atoms with E-state index in [-0.39, 0.29) is 17.1 Å². The van der Waals surface area contributed by atoms with E-state index >= 15 is 0 Å². The Morgan fingerprint density at radius 1 is 1.09 bits per heavy atom. The minimum atomic E-state index is -0.224. The Balaban J connectivity index is 2.40. The SMILES string of the molecule is COc1cc(Br)ccc1/N=N/c1cc(C=O)c(O)c(OC)c1. The van der Waals surface area contributed by atoms with Crippen LogP contribution in [0.5, 0.6) is 17.2 Å². The van der Waals surface area contributed by atoms with Gasteiger partial charge in [0, 0.05) is 10.5 Å². The summed E-state index contributed by atoms with van der Waals surface area (Å²) in [5.41, 5.74) is 0.989. The zero-order valence-electron chi connectivity index (χ0n) is 11.9. The zero-order valence-corrected chi connectivity index (χ0v) is 13.5. The van der Waals surface area contributed by atoms with Crippen molar-refractivity contribution < 1.29 is 19.4 Å². The van der Waals surface area contributed by atoms with Crippen molar-refractivity contribution in [2.24, 2.45) is 10.2 Å². The number of phenolic OH excluding ortho intramolecular Hbond substituents is 1. The number of hydrogen-bond donors (Lipinski definition) is 1. The molecule has 0 unspecified atom stereocenters. The highest BCUT2D eigenvalue weighted by atomic mass is 79.9. The monoisotopic (exact) mass is 364 g/mol. The Morgan fingerprint density at radius 2 is 1.82 bits per heavy atom. The van der Waals surface area contributed by atoms with Crippen LogP contribution in [0.2, 0.25) is 0 Å². The standard InChI is InChI=1S/C15H13BrN2O4/c1-21-13-6-10(16)3-4-12(13)18-17-11-5-9(8-19)15(20)14(7-11)22-2/h3-8,20H,1-2H3/b18-17+. The summed E-state index contributed by atoms with van der Waals surface area (Å²) < 4.78 is 11.1. The molecule has 0 heterocycles. The molecule has 6 nitrogen and oxygen atoms in total. The molecule has 0 aliphatic carbocycles. The van der Waals surface area contributed by atoms with Crippen LogP contribution in [0.25, 0.3) is 0 Å². The summed E-state index contributed by atoms with van der Waals surface area (Å²) in [6.45, 7) is 0. The second-order valence-corrected chi connectivity index (χ2v) is 5.14. The highest BCUT2D eigenvalue weighted by Crippen LogP contribution is 2.36. The van der Waals surface area contributed by atoms with Crippen molar-refractivity contribution in [1.82, 2.24) is 0 Å². The molecule has 0 aliphatic heterocycles. The Kier molecular flexibility index (Phi) is 5.11. The van der Waals surface area contributed by atoms with Gasteiger partial charge in [0.2, 0.25) is 0 Å². The molecule has 0 spiro atoms. The van der Waals surface area contributed by atoms with Crippen LogP contribution in [0.15, 0.2) is 45.0 Å². The minimum absolute atomic E-state index is 0.0797. The summed E-state index contributed by atoms with van der Waals surface area (Å²) in [5.74, 6) is 0.485. The Bertz CT molecular complexity index is 732. The third-order valence-electron chi connectivity index (χ3n) is 2.85. The zero-order chi connectivity index (χ0) is 16.1. The van der Waals surface area contributed by atoms with Crippen molar-refractivity contribution in [2.45, 2.75) is 0 Å². The molecule has 114 valence electrons. The summed E-state index contributed by atoms with van der Waals surface area (Å²) in [4.78, 5) is 10.9. The fourth-order valence-corrected chi connectivity index (χ4v) is 2.10. The third-order valence-corrected chi connectivity index (χ3v) is 3.34. The van der Waals surface area contributed by atoms with E-state index in [0.717, 1.165) is 4.47 Å². The van der Waals surface area contributed by atoms with Gasteiger partial charge in [0.15, 0.2) is 17.8 Å². The maximum Gasteiger partial charge on any atom is 0.168 e. The molecule has 2 aromatic carbocycles. The number of nitrogens with zero attached hydrogens (tertiary/aromatic N) is 2. The van der Waals surface area contributed by atoms with E-state index in [1.54, 1.807) is 12.1 Å². The lowest BCUT2D eigenvalue weighted by Gasteiger charge is -2.06. The Hall–Kier alpha value is -2.41. The molecular weight excluding hydrogens is 352 g/mol. The molecule has 22 heavy (non-hydrogen) atoms. The van der Waals surface area contributed by atoms with Crippen LogP contribution in [0, 0.1) is 0 Å². The molecule has 2 rings (SSSR count).